The molecule has 0 radical (unpaired) electrons. The van der Waals surface area contributed by atoms with Crippen LogP contribution in [0.4, 0.5) is 0 Å². The number of rotatable bonds is 5. The average molecular weight is 224 g/mol. The highest BCUT2D eigenvalue weighted by atomic mass is 32.2. The first kappa shape index (κ1) is 12.1. The lowest BCUT2D eigenvalue weighted by Gasteiger charge is -2.10. The van der Waals surface area contributed by atoms with E-state index in [4.69, 9.17) is 11.5 Å². The van der Waals surface area contributed by atoms with E-state index >= 15 is 0 Å². The van der Waals surface area contributed by atoms with Gasteiger partial charge in [0.25, 0.3) is 0 Å². The zero-order valence-electron chi connectivity index (χ0n) is 8.77. The van der Waals surface area contributed by atoms with Crippen LogP contribution < -0.4 is 11.5 Å². The Morgan fingerprint density at radius 2 is 2.00 bits per heavy atom. The summed E-state index contributed by atoms with van der Waals surface area (Å²) >= 11 is 1.78. The van der Waals surface area contributed by atoms with Crippen LogP contribution in [0.1, 0.15) is 24.9 Å². The summed E-state index contributed by atoms with van der Waals surface area (Å²) in [5.74, 6) is 0.682. The minimum Gasteiger partial charge on any atom is -0.370 e. The summed E-state index contributed by atoms with van der Waals surface area (Å²) in [6.45, 7) is 2.11. The molecule has 1 aromatic carbocycles. The predicted molar refractivity (Wildman–Crippen MR) is 63.6 cm³/mol. The van der Waals surface area contributed by atoms with Crippen LogP contribution in [0, 0.1) is 0 Å². The Balaban J connectivity index is 2.66. The van der Waals surface area contributed by atoms with Crippen molar-refractivity contribution in [3.05, 3.63) is 29.8 Å². The van der Waals surface area contributed by atoms with Gasteiger partial charge in [-0.2, -0.15) is 0 Å². The topological polar surface area (TPSA) is 69.1 Å². The van der Waals surface area contributed by atoms with Crippen LogP contribution in [-0.2, 0) is 4.79 Å². The third-order valence-electron chi connectivity index (χ3n) is 2.04. The Kier molecular flexibility index (Phi) is 4.65. The van der Waals surface area contributed by atoms with E-state index in [1.165, 1.54) is 4.90 Å². The third kappa shape index (κ3) is 3.93. The molecule has 4 heteroatoms. The molecule has 15 heavy (non-hydrogen) atoms. The number of carbonyl (C=O) groups excluding carboxylic acids is 1. The fourth-order valence-electron chi connectivity index (χ4n) is 1.31. The molecule has 0 saturated carbocycles. The first-order chi connectivity index (χ1) is 7.13. The highest BCUT2D eigenvalue weighted by Gasteiger charge is 2.08. The maximum atomic E-state index is 10.7. The zero-order valence-corrected chi connectivity index (χ0v) is 9.59. The van der Waals surface area contributed by atoms with Gasteiger partial charge in [0, 0.05) is 17.4 Å². The molecule has 3 nitrogen and oxygen atoms in total. The van der Waals surface area contributed by atoms with Gasteiger partial charge in [0.05, 0.1) is 0 Å². The molecule has 82 valence electrons. The molecule has 1 amide bonds. The molecule has 0 fully saturated rings. The molecule has 0 spiro atoms. The van der Waals surface area contributed by atoms with Crippen LogP contribution in [0.3, 0.4) is 0 Å². The van der Waals surface area contributed by atoms with Gasteiger partial charge in [-0.15, -0.1) is 11.8 Å². The lowest BCUT2D eigenvalue weighted by molar-refractivity contribution is -0.118. The lowest BCUT2D eigenvalue weighted by Crippen LogP contribution is -2.20. The monoisotopic (exact) mass is 224 g/mol. The summed E-state index contributed by atoms with van der Waals surface area (Å²) in [6.07, 6.45) is 0.195. The third-order valence-corrected chi connectivity index (χ3v) is 2.93. The summed E-state index contributed by atoms with van der Waals surface area (Å²) in [5.41, 5.74) is 11.9. The summed E-state index contributed by atoms with van der Waals surface area (Å²) in [7, 11) is 0. The van der Waals surface area contributed by atoms with E-state index in [0.717, 1.165) is 11.3 Å². The highest BCUT2D eigenvalue weighted by Crippen LogP contribution is 2.20. The highest BCUT2D eigenvalue weighted by molar-refractivity contribution is 7.99. The van der Waals surface area contributed by atoms with Crippen molar-refractivity contribution < 1.29 is 4.79 Å². The lowest BCUT2D eigenvalue weighted by atomic mass is 10.0. The Bertz CT molecular complexity index is 324. The molecule has 0 heterocycles. The van der Waals surface area contributed by atoms with Gasteiger partial charge >= 0.3 is 0 Å². The van der Waals surface area contributed by atoms with E-state index < -0.39 is 0 Å². The van der Waals surface area contributed by atoms with Crippen LogP contribution in [-0.4, -0.2) is 11.7 Å². The SMILES string of the molecule is CCSc1ccc(C(N)CC(N)=O)cc1. The van der Waals surface area contributed by atoms with Gasteiger partial charge in [0.1, 0.15) is 0 Å². The van der Waals surface area contributed by atoms with Crippen LogP contribution >= 0.6 is 11.8 Å². The smallest absolute Gasteiger partial charge is 0.219 e. The van der Waals surface area contributed by atoms with E-state index in [0.29, 0.717) is 0 Å². The molecule has 4 N–H and O–H groups in total. The van der Waals surface area contributed by atoms with E-state index in [1.807, 2.05) is 24.3 Å². The fraction of sp³-hybridized carbons (Fsp3) is 0.364. The second-order valence-corrected chi connectivity index (χ2v) is 4.62. The second-order valence-electron chi connectivity index (χ2n) is 3.28. The minimum atomic E-state index is -0.366. The molecule has 1 atom stereocenters. The maximum absolute atomic E-state index is 10.7. The van der Waals surface area contributed by atoms with E-state index in [2.05, 4.69) is 6.92 Å². The maximum Gasteiger partial charge on any atom is 0.219 e. The van der Waals surface area contributed by atoms with Gasteiger partial charge in [0.15, 0.2) is 0 Å². The van der Waals surface area contributed by atoms with Crippen molar-refractivity contribution in [3.63, 3.8) is 0 Å². The Labute approximate surface area is 94.2 Å². The molecule has 0 aromatic heterocycles. The zero-order chi connectivity index (χ0) is 11.3. The predicted octanol–water partition coefficient (Wildman–Crippen LogP) is 1.67. The fourth-order valence-corrected chi connectivity index (χ4v) is 1.97. The van der Waals surface area contributed by atoms with Crippen molar-refractivity contribution in [1.82, 2.24) is 0 Å². The van der Waals surface area contributed by atoms with Crippen molar-refractivity contribution in [3.8, 4) is 0 Å². The van der Waals surface area contributed by atoms with Crippen molar-refractivity contribution >= 4 is 17.7 Å². The molecule has 0 aliphatic rings. The number of primary amides is 1. The van der Waals surface area contributed by atoms with Crippen LogP contribution in [0.5, 0.6) is 0 Å². The van der Waals surface area contributed by atoms with Gasteiger partial charge in [-0.05, 0) is 23.4 Å². The quantitative estimate of drug-likeness (QED) is 0.747. The summed E-state index contributed by atoms with van der Waals surface area (Å²) < 4.78 is 0. The largest absolute Gasteiger partial charge is 0.370 e. The number of amides is 1. The molecule has 1 unspecified atom stereocenters. The molecule has 0 bridgehead atoms. The number of nitrogens with two attached hydrogens (primary N) is 2. The normalized spacial score (nSPS) is 12.4. The van der Waals surface area contributed by atoms with Crippen molar-refractivity contribution in [1.29, 1.82) is 0 Å². The number of carbonyl (C=O) groups is 1. The summed E-state index contributed by atoms with van der Waals surface area (Å²) in [4.78, 5) is 11.9. The number of hydrogen-bond acceptors (Lipinski definition) is 3. The summed E-state index contributed by atoms with van der Waals surface area (Å²) in [5, 5.41) is 0. The Morgan fingerprint density at radius 1 is 1.40 bits per heavy atom. The van der Waals surface area contributed by atoms with Crippen LogP contribution in [0.2, 0.25) is 0 Å². The number of thioether (sulfide) groups is 1. The van der Waals surface area contributed by atoms with E-state index in [1.54, 1.807) is 11.8 Å². The van der Waals surface area contributed by atoms with Gasteiger partial charge in [-0.1, -0.05) is 19.1 Å². The van der Waals surface area contributed by atoms with E-state index in [-0.39, 0.29) is 18.4 Å². The minimum absolute atomic E-state index is 0.195. The molecular weight excluding hydrogens is 208 g/mol. The van der Waals surface area contributed by atoms with Crippen molar-refractivity contribution in [2.45, 2.75) is 24.3 Å². The van der Waals surface area contributed by atoms with Crippen molar-refractivity contribution in [2.75, 3.05) is 5.75 Å². The molecule has 0 aliphatic heterocycles. The Morgan fingerprint density at radius 3 is 2.47 bits per heavy atom. The molecule has 1 rings (SSSR count). The number of benzene rings is 1. The van der Waals surface area contributed by atoms with Crippen LogP contribution in [0.15, 0.2) is 29.2 Å². The Hall–Kier alpha value is -1.00. The molecule has 1 aromatic rings. The van der Waals surface area contributed by atoms with E-state index in [9.17, 15) is 4.79 Å². The average Bonchev–Trinajstić information content (AvgIpc) is 2.18. The first-order valence-electron chi connectivity index (χ1n) is 4.90. The van der Waals surface area contributed by atoms with Gasteiger partial charge in [-0.3, -0.25) is 4.79 Å². The standard InChI is InChI=1S/C11H16N2OS/c1-2-15-9-5-3-8(4-6-9)10(12)7-11(13)14/h3-6,10H,2,7,12H2,1H3,(H2,13,14). The van der Waals surface area contributed by atoms with Gasteiger partial charge < -0.3 is 11.5 Å². The first-order valence-corrected chi connectivity index (χ1v) is 5.88. The van der Waals surface area contributed by atoms with Gasteiger partial charge in [0.2, 0.25) is 5.91 Å². The van der Waals surface area contributed by atoms with Crippen LogP contribution in [0.25, 0.3) is 0 Å². The molecule has 0 aliphatic carbocycles. The second kappa shape index (κ2) is 5.78. The number of hydrogen-bond donors (Lipinski definition) is 2. The molecular formula is C11H16N2OS. The summed E-state index contributed by atoms with van der Waals surface area (Å²) in [6, 6.07) is 7.65. The van der Waals surface area contributed by atoms with Gasteiger partial charge in [-0.25, -0.2) is 0 Å². The molecule has 0 saturated heterocycles. The van der Waals surface area contributed by atoms with Crippen molar-refractivity contribution in [2.24, 2.45) is 11.5 Å².